The third kappa shape index (κ3) is 3.72. The van der Waals surface area contributed by atoms with E-state index in [1.165, 1.54) is 12.5 Å². The Hall–Kier alpha value is -0.540. The molecule has 0 aromatic carbocycles. The summed E-state index contributed by atoms with van der Waals surface area (Å²) in [6, 6.07) is 3.20. The van der Waals surface area contributed by atoms with Gasteiger partial charge in [-0.2, -0.15) is 5.26 Å². The maximum atomic E-state index is 12.1. The molecule has 0 aliphatic carbocycles. The van der Waals surface area contributed by atoms with Crippen LogP contribution in [0.4, 0.5) is 0 Å². The van der Waals surface area contributed by atoms with Gasteiger partial charge >= 0.3 is 0 Å². The maximum Gasteiger partial charge on any atom is 0.232 e. The largest absolute Gasteiger partial charge is 0.256 e. The van der Waals surface area contributed by atoms with E-state index in [9.17, 15) is 4.21 Å². The van der Waals surface area contributed by atoms with Crippen molar-refractivity contribution >= 4 is 44.5 Å². The van der Waals surface area contributed by atoms with Crippen LogP contribution in [0.5, 0.6) is 0 Å². The van der Waals surface area contributed by atoms with Crippen LogP contribution in [0.15, 0.2) is 22.7 Å². The molecule has 0 spiro atoms. The number of pyridine rings is 1. The average Bonchev–Trinajstić information content (AvgIpc) is 2.27. The minimum atomic E-state index is -2.64. The summed E-state index contributed by atoms with van der Waals surface area (Å²) in [6.07, 6.45) is 4.45. The predicted molar refractivity (Wildman–Crippen MR) is 74.0 cm³/mol. The molecule has 0 amide bonds. The molecule has 1 aromatic heterocycles. The van der Waals surface area contributed by atoms with Gasteiger partial charge in [-0.15, -0.1) is 4.36 Å². The van der Waals surface area contributed by atoms with Crippen LogP contribution in [0.2, 0.25) is 0 Å². The third-order valence-corrected chi connectivity index (χ3v) is 5.03. The first-order chi connectivity index (χ1) is 8.18. The molecule has 2 unspecified atom stereocenters. The molecule has 1 rings (SSSR count). The Morgan fingerprint density at radius 1 is 1.50 bits per heavy atom. The summed E-state index contributed by atoms with van der Waals surface area (Å²) in [5, 5.41) is 8.05. The first kappa shape index (κ1) is 15.5. The second-order valence-electron chi connectivity index (χ2n) is 3.67. The Morgan fingerprint density at radius 2 is 2.11 bits per heavy atom. The van der Waals surface area contributed by atoms with Gasteiger partial charge in [-0.1, -0.05) is 40.9 Å². The minimum Gasteiger partial charge on any atom is -0.256 e. The molecule has 98 valence electrons. The van der Waals surface area contributed by atoms with Crippen molar-refractivity contribution in [2.45, 2.75) is 16.0 Å². The van der Waals surface area contributed by atoms with Gasteiger partial charge in [0.15, 0.2) is 0 Å². The van der Waals surface area contributed by atoms with Crippen molar-refractivity contribution in [2.75, 3.05) is 6.26 Å². The number of aromatic nitrogens is 1. The van der Waals surface area contributed by atoms with E-state index in [0.29, 0.717) is 5.56 Å². The smallest absolute Gasteiger partial charge is 0.232 e. The molecule has 0 saturated heterocycles. The highest BCUT2D eigenvalue weighted by molar-refractivity contribution is 7.93. The summed E-state index contributed by atoms with van der Waals surface area (Å²) in [5.41, 5.74) is 0.947. The normalized spacial score (nSPS) is 16.4. The molecule has 4 nitrogen and oxygen atoms in total. The second-order valence-corrected chi connectivity index (χ2v) is 8.56. The van der Waals surface area contributed by atoms with Gasteiger partial charge in [0.25, 0.3) is 0 Å². The first-order valence-corrected chi connectivity index (χ1v) is 7.92. The highest BCUT2D eigenvalue weighted by Gasteiger charge is 2.25. The Morgan fingerprint density at radius 3 is 2.50 bits per heavy atom. The molecule has 0 aliphatic rings. The van der Waals surface area contributed by atoms with Crippen molar-refractivity contribution in [2.24, 2.45) is 4.36 Å². The highest BCUT2D eigenvalue weighted by Crippen LogP contribution is 2.37. The zero-order valence-electron chi connectivity index (χ0n) is 9.60. The summed E-state index contributed by atoms with van der Waals surface area (Å²) >= 11 is 17.0. The number of rotatable bonds is 2. The average molecular weight is 327 g/mol. The predicted octanol–water partition coefficient (Wildman–Crippen LogP) is 3.55. The van der Waals surface area contributed by atoms with Crippen LogP contribution >= 0.6 is 34.8 Å². The lowest BCUT2D eigenvalue weighted by Gasteiger charge is -2.14. The molecule has 0 N–H and O–H groups in total. The van der Waals surface area contributed by atoms with Gasteiger partial charge < -0.3 is 0 Å². The lowest BCUT2D eigenvalue weighted by Crippen LogP contribution is -2.09. The van der Waals surface area contributed by atoms with E-state index in [1.807, 2.05) is 0 Å². The molecular formula is C10H10Cl3N3OS. The van der Waals surface area contributed by atoms with E-state index < -0.39 is 18.8 Å². The van der Waals surface area contributed by atoms with Crippen LogP contribution in [0.25, 0.3) is 0 Å². The van der Waals surface area contributed by atoms with E-state index in [4.69, 9.17) is 40.1 Å². The van der Waals surface area contributed by atoms with E-state index in [2.05, 4.69) is 9.35 Å². The fraction of sp³-hybridized carbons (Fsp3) is 0.400. The quantitative estimate of drug-likeness (QED) is 0.616. The molecule has 0 bridgehead atoms. The van der Waals surface area contributed by atoms with Crippen LogP contribution in [0.3, 0.4) is 0 Å². The second kappa shape index (κ2) is 5.62. The van der Waals surface area contributed by atoms with E-state index in [1.54, 1.807) is 25.2 Å². The summed E-state index contributed by atoms with van der Waals surface area (Å²) in [6.45, 7) is 1.70. The Balaban J connectivity index is 3.12. The lowest BCUT2D eigenvalue weighted by atomic mass is 10.2. The van der Waals surface area contributed by atoms with Crippen LogP contribution in [0, 0.1) is 11.5 Å². The van der Waals surface area contributed by atoms with E-state index in [0.717, 1.165) is 0 Å². The molecule has 0 radical (unpaired) electrons. The molecule has 0 aliphatic heterocycles. The van der Waals surface area contributed by atoms with E-state index >= 15 is 0 Å². The summed E-state index contributed by atoms with van der Waals surface area (Å²) < 4.78 is 13.9. The summed E-state index contributed by atoms with van der Waals surface area (Å²) in [7, 11) is -2.64. The van der Waals surface area contributed by atoms with Gasteiger partial charge in [0, 0.05) is 12.5 Å². The molecule has 0 saturated carbocycles. The van der Waals surface area contributed by atoms with Gasteiger partial charge in [-0.05, 0) is 18.6 Å². The van der Waals surface area contributed by atoms with Crippen molar-refractivity contribution in [3.63, 3.8) is 0 Å². The van der Waals surface area contributed by atoms with Gasteiger partial charge in [0.1, 0.15) is 0 Å². The topological polar surface area (TPSA) is 66.1 Å². The van der Waals surface area contributed by atoms with Crippen molar-refractivity contribution < 1.29 is 4.21 Å². The highest BCUT2D eigenvalue weighted by atomic mass is 35.6. The molecule has 0 fully saturated rings. The molecule has 18 heavy (non-hydrogen) atoms. The SMILES string of the molecule is CC(c1ccc(C(Cl)(Cl)Cl)nc1)S(C)(=O)=NC#N. The van der Waals surface area contributed by atoms with Crippen molar-refractivity contribution in [1.82, 2.24) is 4.98 Å². The number of hydrogen-bond acceptors (Lipinski definition) is 4. The third-order valence-electron chi connectivity index (χ3n) is 2.42. The molecular weight excluding hydrogens is 317 g/mol. The van der Waals surface area contributed by atoms with Crippen molar-refractivity contribution in [3.8, 4) is 6.19 Å². The number of nitriles is 1. The summed E-state index contributed by atoms with van der Waals surface area (Å²) in [5.74, 6) is 0. The Kier molecular flexibility index (Phi) is 4.84. The van der Waals surface area contributed by atoms with Crippen molar-refractivity contribution in [1.29, 1.82) is 5.26 Å². The molecule has 1 aromatic rings. The number of hydrogen-bond donors (Lipinski definition) is 0. The Labute approximate surface area is 121 Å². The maximum absolute atomic E-state index is 12.1. The van der Waals surface area contributed by atoms with Crippen LogP contribution < -0.4 is 0 Å². The van der Waals surface area contributed by atoms with Gasteiger partial charge in [0.05, 0.1) is 20.7 Å². The van der Waals surface area contributed by atoms with Gasteiger partial charge in [0.2, 0.25) is 9.99 Å². The first-order valence-electron chi connectivity index (χ1n) is 4.80. The lowest BCUT2D eigenvalue weighted by molar-refractivity contribution is 0.673. The molecule has 2 atom stereocenters. The van der Waals surface area contributed by atoms with Gasteiger partial charge in [-0.25, -0.2) is 4.21 Å². The fourth-order valence-corrected chi connectivity index (χ4v) is 2.53. The summed E-state index contributed by atoms with van der Waals surface area (Å²) in [4.78, 5) is 4.00. The number of nitrogens with zero attached hydrogens (tertiary/aromatic N) is 3. The number of alkyl halides is 3. The fourth-order valence-electron chi connectivity index (χ4n) is 1.23. The zero-order valence-corrected chi connectivity index (χ0v) is 12.7. The van der Waals surface area contributed by atoms with Crippen molar-refractivity contribution in [3.05, 3.63) is 29.6 Å². The zero-order chi connectivity index (χ0) is 14.0. The van der Waals surface area contributed by atoms with Crippen LogP contribution in [-0.4, -0.2) is 15.4 Å². The number of halogens is 3. The Bertz CT molecular complexity index is 580. The minimum absolute atomic E-state index is 0.281. The molecule has 8 heteroatoms. The standard InChI is InChI=1S/C10H10Cl3N3OS/c1-7(18(2,17)16-6-14)8-3-4-9(15-5-8)10(11,12)13/h3-5,7H,1-2H3. The van der Waals surface area contributed by atoms with Gasteiger partial charge in [-0.3, -0.25) is 4.98 Å². The van der Waals surface area contributed by atoms with Crippen LogP contribution in [0.1, 0.15) is 23.4 Å². The molecule has 1 heterocycles. The monoisotopic (exact) mass is 325 g/mol. The van der Waals surface area contributed by atoms with E-state index in [-0.39, 0.29) is 5.69 Å². The van der Waals surface area contributed by atoms with Crippen LogP contribution in [-0.2, 0) is 13.5 Å².